The molecule has 0 atom stereocenters. The third-order valence-corrected chi connectivity index (χ3v) is 6.56. The van der Waals surface area contributed by atoms with E-state index in [9.17, 15) is 23.3 Å². The Balaban J connectivity index is 1.52. The van der Waals surface area contributed by atoms with E-state index in [1.54, 1.807) is 12.1 Å². The lowest BCUT2D eigenvalue weighted by Crippen LogP contribution is -2.14. The normalized spacial score (nSPS) is 11.2. The molecule has 10 heteroatoms. The Hall–Kier alpha value is -3.95. The molecule has 0 saturated heterocycles. The van der Waals surface area contributed by atoms with Crippen LogP contribution >= 0.6 is 11.6 Å². The molecule has 0 bridgehead atoms. The summed E-state index contributed by atoms with van der Waals surface area (Å²) in [5.74, 6) is -0.598. The Morgan fingerprint density at radius 2 is 1.61 bits per heavy atom. The van der Waals surface area contributed by atoms with Gasteiger partial charge >= 0.3 is 0 Å². The molecule has 0 spiro atoms. The lowest BCUT2D eigenvalue weighted by molar-refractivity contribution is -0.384. The number of nitro groups is 1. The Bertz CT molecular complexity index is 1480. The lowest BCUT2D eigenvalue weighted by Gasteiger charge is -2.11. The minimum Gasteiger partial charge on any atom is -0.322 e. The number of halogens is 1. The van der Waals surface area contributed by atoms with Gasteiger partial charge in [-0.15, -0.1) is 0 Å². The summed E-state index contributed by atoms with van der Waals surface area (Å²) in [5.41, 5.74) is 0.433. The summed E-state index contributed by atoms with van der Waals surface area (Å²) in [5, 5.41) is 15.2. The zero-order valence-corrected chi connectivity index (χ0v) is 18.4. The van der Waals surface area contributed by atoms with E-state index in [1.807, 2.05) is 30.3 Å². The van der Waals surface area contributed by atoms with Gasteiger partial charge in [0, 0.05) is 22.7 Å². The van der Waals surface area contributed by atoms with Crippen LogP contribution in [0.1, 0.15) is 10.4 Å². The topological polar surface area (TPSA) is 118 Å². The summed E-state index contributed by atoms with van der Waals surface area (Å²) in [6, 6.07) is 22.0. The number of carbonyl (C=O) groups excluding carboxylic acids is 1. The van der Waals surface area contributed by atoms with Crippen LogP contribution in [0.5, 0.6) is 0 Å². The molecule has 4 aromatic carbocycles. The molecule has 0 radical (unpaired) electrons. The van der Waals surface area contributed by atoms with Gasteiger partial charge < -0.3 is 5.32 Å². The van der Waals surface area contributed by atoms with Crippen molar-refractivity contribution in [1.82, 2.24) is 0 Å². The number of nitro benzene ring substituents is 1. The predicted molar refractivity (Wildman–Crippen MR) is 127 cm³/mol. The number of hydrogen-bond acceptors (Lipinski definition) is 5. The molecule has 0 unspecified atom stereocenters. The van der Waals surface area contributed by atoms with Crippen molar-refractivity contribution in [2.45, 2.75) is 4.90 Å². The monoisotopic (exact) mass is 481 g/mol. The molecule has 8 nitrogen and oxygen atoms in total. The average molecular weight is 482 g/mol. The van der Waals surface area contributed by atoms with E-state index in [0.717, 1.165) is 16.8 Å². The molecule has 4 rings (SSSR count). The second kappa shape index (κ2) is 8.89. The van der Waals surface area contributed by atoms with Crippen molar-refractivity contribution in [2.75, 3.05) is 10.0 Å². The number of anilines is 2. The molecular formula is C23H16ClN3O5S. The smallest absolute Gasteiger partial charge is 0.288 e. The molecule has 0 aliphatic heterocycles. The summed E-state index contributed by atoms with van der Waals surface area (Å²) in [7, 11) is -3.87. The van der Waals surface area contributed by atoms with Crippen LogP contribution in [0.25, 0.3) is 10.8 Å². The van der Waals surface area contributed by atoms with E-state index in [-0.39, 0.29) is 21.2 Å². The predicted octanol–water partition coefficient (Wildman–Crippen LogP) is 5.45. The van der Waals surface area contributed by atoms with Crippen LogP contribution < -0.4 is 10.0 Å². The third kappa shape index (κ3) is 4.79. The maximum Gasteiger partial charge on any atom is 0.288 e. The SMILES string of the molecule is O=C(Nc1ccc(S(=O)(=O)Nc2cccc3ccccc23)cc1)c1ccc(Cl)c([N+](=O)[O-])c1. The first-order valence-electron chi connectivity index (χ1n) is 9.60. The average Bonchev–Trinajstić information content (AvgIpc) is 2.79. The number of nitrogens with one attached hydrogen (secondary N) is 2. The fraction of sp³-hybridized carbons (Fsp3) is 0. The Morgan fingerprint density at radius 1 is 0.909 bits per heavy atom. The molecule has 0 aromatic heterocycles. The first-order chi connectivity index (χ1) is 15.7. The van der Waals surface area contributed by atoms with Crippen LogP contribution in [-0.2, 0) is 10.0 Å². The van der Waals surface area contributed by atoms with Crippen LogP contribution in [0.3, 0.4) is 0 Å². The minimum atomic E-state index is -3.87. The molecule has 0 heterocycles. The Labute approximate surface area is 194 Å². The number of amides is 1. The molecule has 0 fully saturated rings. The number of rotatable bonds is 6. The fourth-order valence-corrected chi connectivity index (χ4v) is 4.50. The van der Waals surface area contributed by atoms with Gasteiger partial charge in [-0.3, -0.25) is 19.6 Å². The highest BCUT2D eigenvalue weighted by Gasteiger charge is 2.18. The number of carbonyl (C=O) groups is 1. The van der Waals surface area contributed by atoms with Crippen molar-refractivity contribution in [3.05, 3.63) is 106 Å². The molecule has 2 N–H and O–H groups in total. The Morgan fingerprint density at radius 3 is 2.33 bits per heavy atom. The lowest BCUT2D eigenvalue weighted by atomic mass is 10.1. The zero-order valence-electron chi connectivity index (χ0n) is 16.9. The maximum atomic E-state index is 12.9. The summed E-state index contributed by atoms with van der Waals surface area (Å²) < 4.78 is 28.3. The van der Waals surface area contributed by atoms with Crippen molar-refractivity contribution in [2.24, 2.45) is 0 Å². The quantitative estimate of drug-likeness (QED) is 0.280. The van der Waals surface area contributed by atoms with Crippen molar-refractivity contribution in [3.8, 4) is 0 Å². The van der Waals surface area contributed by atoms with Crippen molar-refractivity contribution in [1.29, 1.82) is 0 Å². The van der Waals surface area contributed by atoms with Gasteiger partial charge in [0.1, 0.15) is 5.02 Å². The Kier molecular flexibility index (Phi) is 5.99. The van der Waals surface area contributed by atoms with E-state index in [4.69, 9.17) is 11.6 Å². The third-order valence-electron chi connectivity index (χ3n) is 4.86. The van der Waals surface area contributed by atoms with E-state index < -0.39 is 20.9 Å². The highest BCUT2D eigenvalue weighted by atomic mass is 35.5. The molecule has 0 aliphatic carbocycles. The van der Waals surface area contributed by atoms with E-state index in [0.29, 0.717) is 11.4 Å². The molecule has 0 saturated carbocycles. The van der Waals surface area contributed by atoms with Gasteiger partial charge in [0.2, 0.25) is 0 Å². The molecule has 4 aromatic rings. The first-order valence-corrected chi connectivity index (χ1v) is 11.5. The summed E-state index contributed by atoms with van der Waals surface area (Å²) >= 11 is 5.77. The van der Waals surface area contributed by atoms with Crippen molar-refractivity contribution in [3.63, 3.8) is 0 Å². The van der Waals surface area contributed by atoms with Crippen molar-refractivity contribution < 1.29 is 18.1 Å². The van der Waals surface area contributed by atoms with Crippen molar-refractivity contribution >= 4 is 55.4 Å². The zero-order chi connectivity index (χ0) is 23.6. The minimum absolute atomic E-state index is 0.00978. The summed E-state index contributed by atoms with van der Waals surface area (Å²) in [4.78, 5) is 22.8. The molecular weight excluding hydrogens is 466 g/mol. The van der Waals surface area contributed by atoms with Crippen LogP contribution in [0.15, 0.2) is 89.8 Å². The van der Waals surface area contributed by atoms with E-state index in [1.165, 1.54) is 36.4 Å². The van der Waals surface area contributed by atoms with E-state index >= 15 is 0 Å². The number of nitrogens with zero attached hydrogens (tertiary/aromatic N) is 1. The van der Waals surface area contributed by atoms with Gasteiger partial charge in [0.05, 0.1) is 15.5 Å². The first kappa shape index (κ1) is 22.3. The second-order valence-corrected chi connectivity index (χ2v) is 9.12. The highest BCUT2D eigenvalue weighted by Crippen LogP contribution is 2.27. The van der Waals surface area contributed by atoms with Gasteiger partial charge in [-0.25, -0.2) is 8.42 Å². The molecule has 33 heavy (non-hydrogen) atoms. The molecule has 0 aliphatic rings. The maximum absolute atomic E-state index is 12.9. The van der Waals surface area contributed by atoms with Gasteiger partial charge in [-0.2, -0.15) is 0 Å². The van der Waals surface area contributed by atoms with Gasteiger partial charge in [0.15, 0.2) is 0 Å². The van der Waals surface area contributed by atoms with Crippen LogP contribution in [0.2, 0.25) is 5.02 Å². The van der Waals surface area contributed by atoms with Crippen LogP contribution in [0, 0.1) is 10.1 Å². The number of fused-ring (bicyclic) bond motifs is 1. The summed E-state index contributed by atoms with van der Waals surface area (Å²) in [6.45, 7) is 0. The van der Waals surface area contributed by atoms with Crippen LogP contribution in [-0.4, -0.2) is 19.2 Å². The van der Waals surface area contributed by atoms with Gasteiger partial charge in [-0.1, -0.05) is 48.0 Å². The van der Waals surface area contributed by atoms with Gasteiger partial charge in [-0.05, 0) is 47.9 Å². The summed E-state index contributed by atoms with van der Waals surface area (Å²) in [6.07, 6.45) is 0. The number of sulfonamides is 1. The largest absolute Gasteiger partial charge is 0.322 e. The molecule has 166 valence electrons. The molecule has 1 amide bonds. The standard InChI is InChI=1S/C23H16ClN3O5S/c24-20-13-8-16(14-22(20)27(29)30)23(28)25-17-9-11-18(12-10-17)33(31,32)26-21-7-3-5-15-4-1-2-6-19(15)21/h1-14,26H,(H,25,28). The highest BCUT2D eigenvalue weighted by molar-refractivity contribution is 7.92. The second-order valence-electron chi connectivity index (χ2n) is 7.03. The van der Waals surface area contributed by atoms with E-state index in [2.05, 4.69) is 10.0 Å². The number of benzene rings is 4. The van der Waals surface area contributed by atoms with Crippen LogP contribution in [0.4, 0.5) is 17.1 Å². The van der Waals surface area contributed by atoms with Gasteiger partial charge in [0.25, 0.3) is 21.6 Å². The number of hydrogen-bond donors (Lipinski definition) is 2. The fourth-order valence-electron chi connectivity index (χ4n) is 3.23.